The predicted molar refractivity (Wildman–Crippen MR) is 63.6 cm³/mol. The summed E-state index contributed by atoms with van der Waals surface area (Å²) in [6.45, 7) is 0.958. The van der Waals surface area contributed by atoms with Crippen LogP contribution in [-0.2, 0) is 21.0 Å². The molecule has 0 heterocycles. The molecule has 0 aliphatic carbocycles. The standard InChI is InChI=1S/C11H12F3NO4S/c1-7-2-3-8(11(12,13)14)6-9(7)20(18,19)15-5-4-10(16)17/h2-3,6,15H,4-5H2,1H3,(H,16,17). The molecule has 9 heteroatoms. The Balaban J connectivity index is 3.08. The highest BCUT2D eigenvalue weighted by molar-refractivity contribution is 7.89. The Morgan fingerprint density at radius 3 is 2.45 bits per heavy atom. The second-order valence-electron chi connectivity index (χ2n) is 4.02. The first-order valence-electron chi connectivity index (χ1n) is 5.43. The molecule has 1 aromatic carbocycles. The van der Waals surface area contributed by atoms with Crippen LogP contribution in [0.15, 0.2) is 23.1 Å². The summed E-state index contributed by atoms with van der Waals surface area (Å²) < 4.78 is 63.3. The van der Waals surface area contributed by atoms with Crippen molar-refractivity contribution in [1.82, 2.24) is 4.72 Å². The number of carboxylic acid groups (broad SMARTS) is 1. The molecule has 0 saturated carbocycles. The molecule has 1 aromatic rings. The number of aryl methyl sites for hydroxylation is 1. The molecule has 1 rings (SSSR count). The third kappa shape index (κ3) is 4.20. The molecule has 0 atom stereocenters. The number of halogens is 3. The Hall–Kier alpha value is -1.61. The molecule has 0 aliphatic heterocycles. The summed E-state index contributed by atoms with van der Waals surface area (Å²) in [4.78, 5) is 9.77. The predicted octanol–water partition coefficient (Wildman–Crippen LogP) is 1.77. The molecule has 5 nitrogen and oxygen atoms in total. The molecule has 0 amide bonds. The van der Waals surface area contributed by atoms with E-state index in [1.165, 1.54) is 6.92 Å². The highest BCUT2D eigenvalue weighted by Crippen LogP contribution is 2.31. The van der Waals surface area contributed by atoms with Crippen LogP contribution in [0.1, 0.15) is 17.5 Å². The minimum Gasteiger partial charge on any atom is -0.481 e. The van der Waals surface area contributed by atoms with Gasteiger partial charge < -0.3 is 5.11 Å². The van der Waals surface area contributed by atoms with E-state index in [0.717, 1.165) is 12.1 Å². The molecule has 0 aliphatic rings. The maximum atomic E-state index is 12.6. The fourth-order valence-corrected chi connectivity index (χ4v) is 2.74. The number of hydrogen-bond acceptors (Lipinski definition) is 3. The lowest BCUT2D eigenvalue weighted by Crippen LogP contribution is -2.27. The maximum absolute atomic E-state index is 12.6. The lowest BCUT2D eigenvalue weighted by Gasteiger charge is -2.12. The second-order valence-corrected chi connectivity index (χ2v) is 5.75. The number of carboxylic acids is 1. The van der Waals surface area contributed by atoms with Gasteiger partial charge in [-0.2, -0.15) is 13.2 Å². The first kappa shape index (κ1) is 16.4. The maximum Gasteiger partial charge on any atom is 0.416 e. The third-order valence-corrected chi connectivity index (χ3v) is 4.04. The molecule has 2 N–H and O–H groups in total. The number of carbonyl (C=O) groups is 1. The van der Waals surface area contributed by atoms with Crippen molar-refractivity contribution in [1.29, 1.82) is 0 Å². The molecule has 0 unspecified atom stereocenters. The van der Waals surface area contributed by atoms with Crippen molar-refractivity contribution in [2.45, 2.75) is 24.4 Å². The molecule has 0 radical (unpaired) electrons. The largest absolute Gasteiger partial charge is 0.481 e. The summed E-state index contributed by atoms with van der Waals surface area (Å²) in [6, 6.07) is 2.36. The Labute approximate surface area is 113 Å². The molecule has 0 spiro atoms. The third-order valence-electron chi connectivity index (χ3n) is 2.44. The summed E-state index contributed by atoms with van der Waals surface area (Å²) >= 11 is 0. The normalized spacial score (nSPS) is 12.4. The van der Waals surface area contributed by atoms with Crippen molar-refractivity contribution in [2.24, 2.45) is 0 Å². The van der Waals surface area contributed by atoms with Gasteiger partial charge in [0.2, 0.25) is 10.0 Å². The highest BCUT2D eigenvalue weighted by atomic mass is 32.2. The number of rotatable bonds is 5. The molecular formula is C11H12F3NO4S. The smallest absolute Gasteiger partial charge is 0.416 e. The first-order chi connectivity index (χ1) is 9.04. The van der Waals surface area contributed by atoms with Crippen molar-refractivity contribution in [3.05, 3.63) is 29.3 Å². The van der Waals surface area contributed by atoms with E-state index in [1.54, 1.807) is 0 Å². The van der Waals surface area contributed by atoms with Gasteiger partial charge in [0.1, 0.15) is 0 Å². The van der Waals surface area contributed by atoms with Crippen molar-refractivity contribution in [3.8, 4) is 0 Å². The van der Waals surface area contributed by atoms with Crippen molar-refractivity contribution >= 4 is 16.0 Å². The van der Waals surface area contributed by atoms with Crippen molar-refractivity contribution < 1.29 is 31.5 Å². The average Bonchev–Trinajstić information content (AvgIpc) is 2.26. The molecule has 0 saturated heterocycles. The number of sulfonamides is 1. The Morgan fingerprint density at radius 1 is 1.35 bits per heavy atom. The van der Waals surface area contributed by atoms with E-state index in [-0.39, 0.29) is 5.56 Å². The zero-order valence-corrected chi connectivity index (χ0v) is 11.2. The van der Waals surface area contributed by atoms with Gasteiger partial charge in [0.25, 0.3) is 0 Å². The average molecular weight is 311 g/mol. The Morgan fingerprint density at radius 2 is 1.95 bits per heavy atom. The van der Waals surface area contributed by atoms with Crippen LogP contribution in [0.25, 0.3) is 0 Å². The van der Waals surface area contributed by atoms with E-state index in [4.69, 9.17) is 5.11 Å². The van der Waals surface area contributed by atoms with E-state index in [1.807, 2.05) is 4.72 Å². The van der Waals surface area contributed by atoms with Gasteiger partial charge in [-0.05, 0) is 24.6 Å². The molecule has 0 fully saturated rings. The van der Waals surface area contributed by atoms with Crippen LogP contribution in [0.4, 0.5) is 13.2 Å². The number of benzene rings is 1. The van der Waals surface area contributed by atoms with Crippen LogP contribution in [0.2, 0.25) is 0 Å². The zero-order valence-electron chi connectivity index (χ0n) is 10.4. The van der Waals surface area contributed by atoms with Gasteiger partial charge in [0.15, 0.2) is 0 Å². The monoisotopic (exact) mass is 311 g/mol. The lowest BCUT2D eigenvalue weighted by atomic mass is 10.1. The van der Waals surface area contributed by atoms with Gasteiger partial charge in [0, 0.05) is 6.54 Å². The van der Waals surface area contributed by atoms with Crippen LogP contribution in [-0.4, -0.2) is 26.0 Å². The molecular weight excluding hydrogens is 299 g/mol. The van der Waals surface area contributed by atoms with Crippen LogP contribution < -0.4 is 4.72 Å². The minimum absolute atomic E-state index is 0.140. The van der Waals surface area contributed by atoms with E-state index < -0.39 is 45.6 Å². The number of hydrogen-bond donors (Lipinski definition) is 2. The Bertz CT molecular complexity index is 611. The summed E-state index contributed by atoms with van der Waals surface area (Å²) in [7, 11) is -4.18. The lowest BCUT2D eigenvalue weighted by molar-refractivity contribution is -0.138. The van der Waals surface area contributed by atoms with E-state index >= 15 is 0 Å². The van der Waals surface area contributed by atoms with Crippen LogP contribution in [0.3, 0.4) is 0 Å². The van der Waals surface area contributed by atoms with E-state index in [9.17, 15) is 26.4 Å². The van der Waals surface area contributed by atoms with Gasteiger partial charge in [-0.15, -0.1) is 0 Å². The highest BCUT2D eigenvalue weighted by Gasteiger charge is 2.32. The number of nitrogens with one attached hydrogen (secondary N) is 1. The summed E-state index contributed by atoms with van der Waals surface area (Å²) in [5, 5.41) is 8.40. The minimum atomic E-state index is -4.65. The van der Waals surface area contributed by atoms with Gasteiger partial charge in [-0.25, -0.2) is 13.1 Å². The van der Waals surface area contributed by atoms with Gasteiger partial charge in [-0.3, -0.25) is 4.79 Å². The van der Waals surface area contributed by atoms with Crippen LogP contribution in [0, 0.1) is 6.92 Å². The summed E-state index contributed by atoms with van der Waals surface area (Å²) in [6.07, 6.45) is -5.11. The summed E-state index contributed by atoms with van der Waals surface area (Å²) in [5.74, 6) is -1.21. The second kappa shape index (κ2) is 5.80. The number of alkyl halides is 3. The van der Waals surface area contributed by atoms with E-state index in [0.29, 0.717) is 6.07 Å². The zero-order chi connectivity index (χ0) is 15.6. The van der Waals surface area contributed by atoms with Crippen molar-refractivity contribution in [3.63, 3.8) is 0 Å². The first-order valence-corrected chi connectivity index (χ1v) is 6.91. The quantitative estimate of drug-likeness (QED) is 0.868. The van der Waals surface area contributed by atoms with Gasteiger partial charge in [0.05, 0.1) is 16.9 Å². The van der Waals surface area contributed by atoms with Gasteiger partial charge in [-0.1, -0.05) is 6.07 Å². The van der Waals surface area contributed by atoms with Crippen LogP contribution in [0.5, 0.6) is 0 Å². The van der Waals surface area contributed by atoms with Crippen LogP contribution >= 0.6 is 0 Å². The molecule has 0 aromatic heterocycles. The number of aliphatic carboxylic acids is 1. The van der Waals surface area contributed by atoms with E-state index in [2.05, 4.69) is 0 Å². The summed E-state index contributed by atoms with van der Waals surface area (Å²) in [5.41, 5.74) is -0.942. The van der Waals surface area contributed by atoms with Crippen molar-refractivity contribution in [2.75, 3.05) is 6.54 Å². The van der Waals surface area contributed by atoms with Gasteiger partial charge >= 0.3 is 12.1 Å². The SMILES string of the molecule is Cc1ccc(C(F)(F)F)cc1S(=O)(=O)NCCC(=O)O. The molecule has 112 valence electrons. The molecule has 20 heavy (non-hydrogen) atoms. The topological polar surface area (TPSA) is 83.5 Å². The fourth-order valence-electron chi connectivity index (χ4n) is 1.44. The molecule has 0 bridgehead atoms. The Kier molecular flexibility index (Phi) is 4.77. The fraction of sp³-hybridized carbons (Fsp3) is 0.364.